The van der Waals surface area contributed by atoms with Crippen LogP contribution in [0.25, 0.3) is 0 Å². The van der Waals surface area contributed by atoms with Gasteiger partial charge in [-0.3, -0.25) is 0 Å². The number of hydrogen-bond acceptors (Lipinski definition) is 7. The van der Waals surface area contributed by atoms with Crippen LogP contribution in [-0.2, 0) is 26.8 Å². The maximum absolute atomic E-state index is 14.1. The molecule has 1 saturated carbocycles. The summed E-state index contributed by atoms with van der Waals surface area (Å²) in [7, 11) is -4.71. The second-order valence-corrected chi connectivity index (χ2v) is 17.0. The lowest BCUT2D eigenvalue weighted by atomic mass is 9.77. The van der Waals surface area contributed by atoms with Crippen LogP contribution >= 0.6 is 7.82 Å². The number of benzene rings is 2. The molecule has 270 valence electrons. The monoisotopic (exact) mass is 700 g/mol. The van der Waals surface area contributed by atoms with E-state index in [1.54, 1.807) is 12.1 Å². The van der Waals surface area contributed by atoms with Gasteiger partial charge in [-0.05, 0) is 74.8 Å². The molecule has 4 fully saturated rings. The molecular weight excluding hydrogens is 645 g/mol. The number of nitrogens with zero attached hydrogens (tertiary/aromatic N) is 2. The van der Waals surface area contributed by atoms with Crippen molar-refractivity contribution in [2.24, 2.45) is 11.8 Å². The van der Waals surface area contributed by atoms with Crippen LogP contribution in [0, 0.1) is 11.8 Å². The number of fused-ring (bicyclic) bond motifs is 4. The van der Waals surface area contributed by atoms with Crippen molar-refractivity contribution in [1.82, 2.24) is 10.2 Å². The number of β-amino-alcohol motifs (C(OH)–C–C–N with tert-alkyl or cyclic N) is 1. The highest BCUT2D eigenvalue weighted by molar-refractivity contribution is 7.46. The molecule has 0 spiro atoms. The number of aliphatic hydroxyl groups is 1. The van der Waals surface area contributed by atoms with Crippen molar-refractivity contribution in [2.45, 2.75) is 102 Å². The quantitative estimate of drug-likeness (QED) is 0.127. The average Bonchev–Trinajstić information content (AvgIpc) is 3.07. The molecule has 1 aliphatic carbocycles. The molecule has 11 nitrogen and oxygen atoms in total. The van der Waals surface area contributed by atoms with Crippen LogP contribution in [-0.4, -0.2) is 81.5 Å². The van der Waals surface area contributed by atoms with E-state index >= 15 is 0 Å². The number of quaternary nitrogens is 1. The van der Waals surface area contributed by atoms with Gasteiger partial charge in [0.25, 0.3) is 0 Å². The van der Waals surface area contributed by atoms with Crippen molar-refractivity contribution in [2.75, 3.05) is 39.5 Å². The number of aliphatic hydroxyl groups excluding tert-OH is 1. The summed E-state index contributed by atoms with van der Waals surface area (Å²) < 4.78 is 28.9. The van der Waals surface area contributed by atoms with E-state index in [-0.39, 0.29) is 23.8 Å². The van der Waals surface area contributed by atoms with Gasteiger partial charge in [0, 0.05) is 43.0 Å². The third-order valence-electron chi connectivity index (χ3n) is 11.2. The molecule has 3 unspecified atom stereocenters. The lowest BCUT2D eigenvalue weighted by molar-refractivity contribution is -0.958. The van der Waals surface area contributed by atoms with Gasteiger partial charge in [-0.1, -0.05) is 49.6 Å². The Hall–Kier alpha value is -2.50. The van der Waals surface area contributed by atoms with E-state index in [9.17, 15) is 24.3 Å². The van der Waals surface area contributed by atoms with Crippen LogP contribution in [0.3, 0.4) is 0 Å². The second kappa shape index (κ2) is 15.0. The van der Waals surface area contributed by atoms with Gasteiger partial charge in [0.15, 0.2) is 12.9 Å². The summed E-state index contributed by atoms with van der Waals surface area (Å²) in [5.74, 6) is 1.21. The van der Waals surface area contributed by atoms with E-state index < -0.39 is 20.7 Å². The minimum atomic E-state index is -4.71. The van der Waals surface area contributed by atoms with Gasteiger partial charge in [-0.15, -0.1) is 0 Å². The molecule has 4 aliphatic heterocycles. The first-order valence-electron chi connectivity index (χ1n) is 18.1. The topological polar surface area (TPSA) is 138 Å². The SMILES string of the molecule is CC(C)(C)NCC(O)c1ccc(OCOP(=O)(O)O)c(C[N+]23CCC(CC2)C(OC(=O)N2CCc4ccccc4C2C2CCCCC2)C3)c1. The van der Waals surface area contributed by atoms with Crippen molar-refractivity contribution in [3.8, 4) is 5.75 Å². The first kappa shape index (κ1) is 36.3. The zero-order valence-corrected chi connectivity index (χ0v) is 30.2. The van der Waals surface area contributed by atoms with Gasteiger partial charge < -0.3 is 39.1 Å². The Bertz CT molecular complexity index is 1490. The first-order valence-corrected chi connectivity index (χ1v) is 19.6. The van der Waals surface area contributed by atoms with Gasteiger partial charge in [0.1, 0.15) is 18.8 Å². The molecule has 2 aromatic carbocycles. The lowest BCUT2D eigenvalue weighted by Gasteiger charge is -2.52. The number of hydrogen-bond donors (Lipinski definition) is 4. The molecule has 0 aromatic heterocycles. The predicted molar refractivity (Wildman–Crippen MR) is 186 cm³/mol. The van der Waals surface area contributed by atoms with Crippen molar-refractivity contribution >= 4 is 13.9 Å². The zero-order valence-electron chi connectivity index (χ0n) is 29.3. The van der Waals surface area contributed by atoms with Crippen molar-refractivity contribution in [1.29, 1.82) is 0 Å². The molecule has 49 heavy (non-hydrogen) atoms. The Morgan fingerprint density at radius 1 is 1.04 bits per heavy atom. The number of phosphoric ester groups is 1. The zero-order chi connectivity index (χ0) is 34.8. The highest BCUT2D eigenvalue weighted by Gasteiger charge is 2.49. The highest BCUT2D eigenvalue weighted by Crippen LogP contribution is 2.44. The van der Waals surface area contributed by atoms with Crippen LogP contribution in [0.15, 0.2) is 42.5 Å². The molecule has 0 radical (unpaired) electrons. The van der Waals surface area contributed by atoms with Gasteiger partial charge in [-0.2, -0.15) is 0 Å². The third-order valence-corrected chi connectivity index (χ3v) is 11.6. The number of amides is 1. The number of rotatable bonds is 11. The summed E-state index contributed by atoms with van der Waals surface area (Å²) in [6.45, 7) is 9.68. The van der Waals surface area contributed by atoms with Crippen molar-refractivity contribution < 1.29 is 42.7 Å². The maximum Gasteiger partial charge on any atom is 0.472 e. The van der Waals surface area contributed by atoms with Gasteiger partial charge in [0.2, 0.25) is 0 Å². The van der Waals surface area contributed by atoms with Crippen molar-refractivity contribution in [3.05, 3.63) is 64.7 Å². The Labute approximate surface area is 290 Å². The summed E-state index contributed by atoms with van der Waals surface area (Å²) in [5.41, 5.74) is 4.01. The summed E-state index contributed by atoms with van der Waals surface area (Å²) in [5, 5.41) is 14.4. The first-order chi connectivity index (χ1) is 23.3. The lowest BCUT2D eigenvalue weighted by Crippen LogP contribution is -2.64. The summed E-state index contributed by atoms with van der Waals surface area (Å²) in [4.78, 5) is 34.6. The molecular formula is C37H55N3O8P+. The van der Waals surface area contributed by atoms with Crippen LogP contribution in [0.4, 0.5) is 4.79 Å². The predicted octanol–water partition coefficient (Wildman–Crippen LogP) is 5.98. The molecule has 12 heteroatoms. The molecule has 3 atom stereocenters. The molecule has 5 aliphatic rings. The average molecular weight is 701 g/mol. The Morgan fingerprint density at radius 3 is 2.49 bits per heavy atom. The molecule has 7 rings (SSSR count). The fourth-order valence-corrected chi connectivity index (χ4v) is 8.84. The molecule has 3 saturated heterocycles. The standard InChI is InChI=1S/C37H54N3O8P/c1-37(2,3)38-22-32(41)29-13-14-33(46-25-47-49(43,44)45)30(21-29)23-40-19-16-27(17-20-40)34(24-40)48-36(42)39-18-15-26-9-7-8-12-31(26)35(39)28-10-5-4-6-11-28/h7-9,12-14,21,27-28,32,34-35,38,41H,4-6,10-11,15-20,22-25H2,1-3H3,(H-,43,44,45)/p+1. The normalized spacial score (nSPS) is 26.7. The van der Waals surface area contributed by atoms with E-state index in [2.05, 4.69) is 34.1 Å². The van der Waals surface area contributed by atoms with Crippen LogP contribution in [0.5, 0.6) is 5.75 Å². The molecule has 4 N–H and O–H groups in total. The highest BCUT2D eigenvalue weighted by atomic mass is 31.2. The van der Waals surface area contributed by atoms with E-state index in [4.69, 9.17) is 9.47 Å². The second-order valence-electron chi connectivity index (χ2n) is 15.8. The van der Waals surface area contributed by atoms with Gasteiger partial charge in [0.05, 0.1) is 25.2 Å². The summed E-state index contributed by atoms with van der Waals surface area (Å²) in [6, 6.07) is 14.1. The van der Waals surface area contributed by atoms with Crippen LogP contribution in [0.2, 0.25) is 0 Å². The number of piperidine rings is 3. The molecule has 4 heterocycles. The smallest absolute Gasteiger partial charge is 0.466 e. The van der Waals surface area contributed by atoms with E-state index in [1.807, 2.05) is 31.7 Å². The van der Waals surface area contributed by atoms with E-state index in [1.165, 1.54) is 30.4 Å². The number of ether oxygens (including phenoxy) is 2. The van der Waals surface area contributed by atoms with Gasteiger partial charge in [-0.25, -0.2) is 13.9 Å². The Kier molecular flexibility index (Phi) is 11.1. The third kappa shape index (κ3) is 9.06. The minimum absolute atomic E-state index is 0.0546. The maximum atomic E-state index is 14.1. The number of carbonyl (C=O) groups is 1. The number of nitrogens with one attached hydrogen (secondary N) is 1. The minimum Gasteiger partial charge on any atom is -0.466 e. The summed E-state index contributed by atoms with van der Waals surface area (Å²) in [6.07, 6.45) is 7.53. The fraction of sp³-hybridized carbons (Fsp3) is 0.649. The van der Waals surface area contributed by atoms with Crippen LogP contribution < -0.4 is 10.1 Å². The number of phosphoric acid groups is 1. The molecule has 1 amide bonds. The Balaban J connectivity index is 1.19. The molecule has 2 aromatic rings. The van der Waals surface area contributed by atoms with E-state index in [0.29, 0.717) is 48.2 Å². The molecule has 2 bridgehead atoms. The largest absolute Gasteiger partial charge is 0.472 e. The fourth-order valence-electron chi connectivity index (χ4n) is 8.65. The van der Waals surface area contributed by atoms with Gasteiger partial charge >= 0.3 is 13.9 Å². The summed E-state index contributed by atoms with van der Waals surface area (Å²) >= 11 is 0. The number of carbonyl (C=O) groups excluding carboxylic acids is 1. The van der Waals surface area contributed by atoms with E-state index in [0.717, 1.165) is 56.3 Å². The van der Waals surface area contributed by atoms with Crippen molar-refractivity contribution in [3.63, 3.8) is 0 Å². The Morgan fingerprint density at radius 2 is 1.78 bits per heavy atom. The van der Waals surface area contributed by atoms with Crippen LogP contribution in [0.1, 0.15) is 100 Å².